The number of rotatable bonds is 5. The Hall–Kier alpha value is -1.52. The summed E-state index contributed by atoms with van der Waals surface area (Å²) in [5, 5.41) is 0. The van der Waals surface area contributed by atoms with Crippen LogP contribution in [-0.2, 0) is 19.5 Å². The quantitative estimate of drug-likeness (QED) is 0.683. The standard InChI is InChI=1S/C21H31N3O5S/c1-17-4-5-19(30(26,27)24-10-13-28-14-11-24)15-20(17)21(25)23-8-6-22(7-9-23)16-18-3-2-12-29-18/h4-5,15,18H,2-3,6-14,16H2,1H3. The molecule has 1 aromatic rings. The number of aryl methyl sites for hydroxylation is 1. The van der Waals surface area contributed by atoms with Crippen LogP contribution in [0.1, 0.15) is 28.8 Å². The van der Waals surface area contributed by atoms with Gasteiger partial charge in [0.25, 0.3) is 5.91 Å². The summed E-state index contributed by atoms with van der Waals surface area (Å²) in [5.41, 5.74) is 1.26. The van der Waals surface area contributed by atoms with Crippen molar-refractivity contribution in [1.29, 1.82) is 0 Å². The van der Waals surface area contributed by atoms with Crippen LogP contribution in [0.5, 0.6) is 0 Å². The molecular weight excluding hydrogens is 406 g/mol. The van der Waals surface area contributed by atoms with E-state index in [9.17, 15) is 13.2 Å². The molecule has 0 radical (unpaired) electrons. The number of ether oxygens (including phenoxy) is 2. The van der Waals surface area contributed by atoms with Crippen LogP contribution >= 0.6 is 0 Å². The Morgan fingerprint density at radius 1 is 1.07 bits per heavy atom. The molecule has 0 saturated carbocycles. The topological polar surface area (TPSA) is 79.4 Å². The first-order valence-electron chi connectivity index (χ1n) is 10.8. The molecule has 0 spiro atoms. The molecule has 1 aromatic carbocycles. The van der Waals surface area contributed by atoms with Gasteiger partial charge in [-0.25, -0.2) is 8.42 Å². The molecule has 0 bridgehead atoms. The summed E-state index contributed by atoms with van der Waals surface area (Å²) < 4.78 is 38.4. The van der Waals surface area contributed by atoms with Gasteiger partial charge < -0.3 is 14.4 Å². The van der Waals surface area contributed by atoms with E-state index in [0.29, 0.717) is 51.1 Å². The van der Waals surface area contributed by atoms with Crippen LogP contribution in [0.25, 0.3) is 0 Å². The highest BCUT2D eigenvalue weighted by Gasteiger charge is 2.29. The van der Waals surface area contributed by atoms with Crippen LogP contribution < -0.4 is 0 Å². The zero-order valence-corrected chi connectivity index (χ0v) is 18.4. The van der Waals surface area contributed by atoms with E-state index in [-0.39, 0.29) is 10.8 Å². The minimum absolute atomic E-state index is 0.0942. The molecule has 166 valence electrons. The van der Waals surface area contributed by atoms with Gasteiger partial charge >= 0.3 is 0 Å². The summed E-state index contributed by atoms with van der Waals surface area (Å²) in [6, 6.07) is 4.87. The number of hydrogen-bond donors (Lipinski definition) is 0. The Morgan fingerprint density at radius 3 is 2.47 bits per heavy atom. The van der Waals surface area contributed by atoms with E-state index in [1.54, 1.807) is 18.2 Å². The third-order valence-corrected chi connectivity index (χ3v) is 8.09. The smallest absolute Gasteiger partial charge is 0.254 e. The number of carbonyl (C=O) groups excluding carboxylic acids is 1. The average molecular weight is 438 g/mol. The average Bonchev–Trinajstić information content (AvgIpc) is 3.28. The lowest BCUT2D eigenvalue weighted by atomic mass is 10.1. The number of sulfonamides is 1. The zero-order valence-electron chi connectivity index (χ0n) is 17.6. The summed E-state index contributed by atoms with van der Waals surface area (Å²) in [6.45, 7) is 8.02. The summed E-state index contributed by atoms with van der Waals surface area (Å²) in [4.78, 5) is 17.5. The van der Waals surface area contributed by atoms with Crippen LogP contribution in [0, 0.1) is 6.92 Å². The first-order valence-corrected chi connectivity index (χ1v) is 12.2. The lowest BCUT2D eigenvalue weighted by molar-refractivity contribution is 0.0432. The van der Waals surface area contributed by atoms with Crippen molar-refractivity contribution >= 4 is 15.9 Å². The normalized spacial score (nSPS) is 24.3. The van der Waals surface area contributed by atoms with Crippen molar-refractivity contribution < 1.29 is 22.7 Å². The molecule has 0 N–H and O–H groups in total. The highest BCUT2D eigenvalue weighted by Crippen LogP contribution is 2.22. The van der Waals surface area contributed by atoms with E-state index in [0.717, 1.165) is 44.6 Å². The van der Waals surface area contributed by atoms with E-state index in [1.807, 2.05) is 11.8 Å². The van der Waals surface area contributed by atoms with Gasteiger partial charge in [-0.1, -0.05) is 6.07 Å². The Kier molecular flexibility index (Phi) is 6.74. The van der Waals surface area contributed by atoms with E-state index in [4.69, 9.17) is 9.47 Å². The van der Waals surface area contributed by atoms with Crippen molar-refractivity contribution in [3.05, 3.63) is 29.3 Å². The van der Waals surface area contributed by atoms with Crippen molar-refractivity contribution in [2.75, 3.05) is 65.6 Å². The molecule has 3 aliphatic rings. The molecular formula is C21H31N3O5S. The Labute approximate surface area is 178 Å². The van der Waals surface area contributed by atoms with Gasteiger partial charge in [0.05, 0.1) is 24.2 Å². The molecule has 1 unspecified atom stereocenters. The van der Waals surface area contributed by atoms with Crippen molar-refractivity contribution in [2.45, 2.75) is 30.8 Å². The van der Waals surface area contributed by atoms with E-state index < -0.39 is 10.0 Å². The lowest BCUT2D eigenvalue weighted by Crippen LogP contribution is -2.50. The molecule has 0 aliphatic carbocycles. The number of hydrogen-bond acceptors (Lipinski definition) is 6. The highest BCUT2D eigenvalue weighted by molar-refractivity contribution is 7.89. The van der Waals surface area contributed by atoms with Gasteiger partial charge in [0.1, 0.15) is 0 Å². The molecule has 3 aliphatic heterocycles. The van der Waals surface area contributed by atoms with Crippen molar-refractivity contribution in [2.24, 2.45) is 0 Å². The molecule has 3 heterocycles. The van der Waals surface area contributed by atoms with E-state index in [2.05, 4.69) is 4.90 Å². The predicted molar refractivity (Wildman–Crippen MR) is 112 cm³/mol. The number of carbonyl (C=O) groups is 1. The number of benzene rings is 1. The minimum atomic E-state index is -3.63. The second-order valence-electron chi connectivity index (χ2n) is 8.22. The Balaban J connectivity index is 1.43. The first kappa shape index (κ1) is 21.7. The summed E-state index contributed by atoms with van der Waals surface area (Å²) >= 11 is 0. The second kappa shape index (κ2) is 9.32. The maximum Gasteiger partial charge on any atom is 0.254 e. The zero-order chi connectivity index (χ0) is 21.1. The third-order valence-electron chi connectivity index (χ3n) is 6.19. The summed E-state index contributed by atoms with van der Waals surface area (Å²) in [6.07, 6.45) is 2.56. The van der Waals surface area contributed by atoms with Gasteiger partial charge in [-0.2, -0.15) is 4.31 Å². The molecule has 0 aromatic heterocycles. The monoisotopic (exact) mass is 437 g/mol. The molecule has 4 rings (SSSR count). The molecule has 1 amide bonds. The largest absolute Gasteiger partial charge is 0.379 e. The number of morpholine rings is 1. The SMILES string of the molecule is Cc1ccc(S(=O)(=O)N2CCOCC2)cc1C(=O)N1CCN(CC2CCCO2)CC1. The Bertz CT molecular complexity index is 855. The fraction of sp³-hybridized carbons (Fsp3) is 0.667. The van der Waals surface area contributed by atoms with Crippen molar-refractivity contribution in [3.8, 4) is 0 Å². The minimum Gasteiger partial charge on any atom is -0.379 e. The van der Waals surface area contributed by atoms with Crippen LogP contribution in [0.4, 0.5) is 0 Å². The Morgan fingerprint density at radius 2 is 1.80 bits per heavy atom. The molecule has 9 heteroatoms. The fourth-order valence-electron chi connectivity index (χ4n) is 4.31. The van der Waals surface area contributed by atoms with Gasteiger partial charge in [-0.15, -0.1) is 0 Å². The fourth-order valence-corrected chi connectivity index (χ4v) is 5.74. The van der Waals surface area contributed by atoms with Gasteiger partial charge in [0, 0.05) is 58.0 Å². The maximum atomic E-state index is 13.2. The molecule has 1 atom stereocenters. The van der Waals surface area contributed by atoms with E-state index in [1.165, 1.54) is 4.31 Å². The molecule has 8 nitrogen and oxygen atoms in total. The summed E-state index contributed by atoms with van der Waals surface area (Å²) in [7, 11) is -3.63. The van der Waals surface area contributed by atoms with Crippen LogP contribution in [-0.4, -0.2) is 100 Å². The number of amides is 1. The van der Waals surface area contributed by atoms with E-state index >= 15 is 0 Å². The van der Waals surface area contributed by atoms with Crippen LogP contribution in [0.2, 0.25) is 0 Å². The predicted octanol–water partition coefficient (Wildman–Crippen LogP) is 0.953. The van der Waals surface area contributed by atoms with Crippen molar-refractivity contribution in [1.82, 2.24) is 14.1 Å². The van der Waals surface area contributed by atoms with Crippen LogP contribution in [0.3, 0.4) is 0 Å². The van der Waals surface area contributed by atoms with Gasteiger partial charge in [0.2, 0.25) is 10.0 Å². The molecule has 30 heavy (non-hydrogen) atoms. The molecule has 3 fully saturated rings. The summed E-state index contributed by atoms with van der Waals surface area (Å²) in [5.74, 6) is -0.0942. The highest BCUT2D eigenvalue weighted by atomic mass is 32.2. The van der Waals surface area contributed by atoms with Gasteiger partial charge in [-0.3, -0.25) is 9.69 Å². The third kappa shape index (κ3) is 4.70. The number of piperazine rings is 1. The molecule has 3 saturated heterocycles. The second-order valence-corrected chi connectivity index (χ2v) is 10.2. The van der Waals surface area contributed by atoms with Gasteiger partial charge in [0.15, 0.2) is 0 Å². The van der Waals surface area contributed by atoms with Crippen LogP contribution in [0.15, 0.2) is 23.1 Å². The first-order chi connectivity index (χ1) is 14.4. The van der Waals surface area contributed by atoms with Gasteiger partial charge in [-0.05, 0) is 37.5 Å². The van der Waals surface area contributed by atoms with Crippen molar-refractivity contribution in [3.63, 3.8) is 0 Å². The lowest BCUT2D eigenvalue weighted by Gasteiger charge is -2.36. The maximum absolute atomic E-state index is 13.2. The number of nitrogens with zero attached hydrogens (tertiary/aromatic N) is 3.